The highest BCUT2D eigenvalue weighted by Crippen LogP contribution is 2.21. The van der Waals surface area contributed by atoms with Crippen LogP contribution < -0.4 is 4.74 Å². The molecule has 0 bridgehead atoms. The molecule has 0 N–H and O–H groups in total. The molecule has 0 amide bonds. The fraction of sp³-hybridized carbons (Fsp3) is 0.0435. The van der Waals surface area contributed by atoms with E-state index in [1.54, 1.807) is 30.3 Å². The Morgan fingerprint density at radius 3 is 2.36 bits per heavy atom. The molecule has 0 atom stereocenters. The first-order valence-corrected chi connectivity index (χ1v) is 8.73. The Hall–Kier alpha value is -3.73. The maximum absolute atomic E-state index is 12.9. The van der Waals surface area contributed by atoms with Gasteiger partial charge in [0.05, 0.1) is 0 Å². The number of rotatable bonds is 5. The first kappa shape index (κ1) is 17.7. The summed E-state index contributed by atoms with van der Waals surface area (Å²) in [4.78, 5) is 16.3. The Kier molecular flexibility index (Phi) is 4.97. The van der Waals surface area contributed by atoms with Gasteiger partial charge in [-0.1, -0.05) is 42.5 Å². The summed E-state index contributed by atoms with van der Waals surface area (Å²) in [5.74, 6) is 0.227. The Labute approximate surface area is 161 Å². The zero-order valence-electron chi connectivity index (χ0n) is 14.8. The first-order chi connectivity index (χ1) is 13.7. The van der Waals surface area contributed by atoms with E-state index in [0.717, 1.165) is 16.7 Å². The van der Waals surface area contributed by atoms with Crippen molar-refractivity contribution >= 4 is 17.9 Å². The van der Waals surface area contributed by atoms with E-state index in [0.29, 0.717) is 18.3 Å². The van der Waals surface area contributed by atoms with Gasteiger partial charge in [-0.15, -0.1) is 0 Å². The topological polar surface area (TPSA) is 47.9 Å². The van der Waals surface area contributed by atoms with Crippen molar-refractivity contribution < 1.29 is 18.7 Å². The Morgan fingerprint density at radius 1 is 0.929 bits per heavy atom. The van der Waals surface area contributed by atoms with Crippen molar-refractivity contribution in [2.45, 2.75) is 6.61 Å². The number of hydrogen-bond donors (Lipinski definition) is 0. The first-order valence-electron chi connectivity index (χ1n) is 8.73. The van der Waals surface area contributed by atoms with Crippen LogP contribution in [0.4, 0.5) is 4.39 Å². The monoisotopic (exact) mass is 373 g/mol. The van der Waals surface area contributed by atoms with Gasteiger partial charge in [-0.2, -0.15) is 0 Å². The number of nitrogens with zero attached hydrogens (tertiary/aromatic N) is 1. The van der Waals surface area contributed by atoms with Gasteiger partial charge in [-0.05, 0) is 53.6 Å². The van der Waals surface area contributed by atoms with Gasteiger partial charge >= 0.3 is 5.97 Å². The summed E-state index contributed by atoms with van der Waals surface area (Å²) in [5, 5.41) is 0. The van der Waals surface area contributed by atoms with Crippen LogP contribution in [0.3, 0.4) is 0 Å². The third-order valence-electron chi connectivity index (χ3n) is 4.14. The van der Waals surface area contributed by atoms with Crippen molar-refractivity contribution in [3.63, 3.8) is 0 Å². The molecule has 0 unspecified atom stereocenters. The number of ether oxygens (including phenoxy) is 2. The number of benzene rings is 3. The normalized spacial score (nSPS) is 14.7. The number of aliphatic imine (C=N–C) groups is 1. The number of carbonyl (C=O) groups is 1. The van der Waals surface area contributed by atoms with E-state index in [-0.39, 0.29) is 11.5 Å². The minimum Gasteiger partial charge on any atom is -0.489 e. The lowest BCUT2D eigenvalue weighted by Gasteiger charge is -2.06. The van der Waals surface area contributed by atoms with Gasteiger partial charge < -0.3 is 9.47 Å². The van der Waals surface area contributed by atoms with Crippen LogP contribution in [-0.4, -0.2) is 11.9 Å². The molecule has 0 aromatic heterocycles. The molecule has 1 aliphatic heterocycles. The third kappa shape index (κ3) is 4.15. The molecule has 0 radical (unpaired) electrons. The highest BCUT2D eigenvalue weighted by Gasteiger charge is 2.23. The summed E-state index contributed by atoms with van der Waals surface area (Å²) in [6, 6.07) is 22.7. The molecule has 1 heterocycles. The number of carbonyl (C=O) groups excluding carboxylic acids is 1. The second-order valence-corrected chi connectivity index (χ2v) is 6.19. The zero-order chi connectivity index (χ0) is 19.3. The number of halogens is 1. The van der Waals surface area contributed by atoms with Gasteiger partial charge in [0.25, 0.3) is 0 Å². The van der Waals surface area contributed by atoms with Crippen LogP contribution in [0.15, 0.2) is 89.6 Å². The van der Waals surface area contributed by atoms with Crippen LogP contribution in [0.2, 0.25) is 0 Å². The maximum Gasteiger partial charge on any atom is 0.363 e. The summed E-state index contributed by atoms with van der Waals surface area (Å²) in [7, 11) is 0. The van der Waals surface area contributed by atoms with E-state index in [1.807, 2.05) is 42.5 Å². The lowest BCUT2D eigenvalue weighted by atomic mass is 10.2. The van der Waals surface area contributed by atoms with Crippen LogP contribution in [0, 0.1) is 5.82 Å². The van der Waals surface area contributed by atoms with Gasteiger partial charge in [0.15, 0.2) is 5.70 Å². The van der Waals surface area contributed by atoms with Gasteiger partial charge in [0, 0.05) is 5.56 Å². The predicted octanol–water partition coefficient (Wildman–Crippen LogP) is 4.75. The minimum absolute atomic E-state index is 0.249. The molecule has 3 aromatic carbocycles. The third-order valence-corrected chi connectivity index (χ3v) is 4.14. The van der Waals surface area contributed by atoms with Crippen molar-refractivity contribution in [3.05, 3.63) is 107 Å². The SMILES string of the molecule is O=C1OC(c2ccccc2)=N/C1=C/c1ccc(OCc2ccc(F)cc2)cc1. The van der Waals surface area contributed by atoms with Crippen molar-refractivity contribution in [2.75, 3.05) is 0 Å². The Morgan fingerprint density at radius 2 is 1.64 bits per heavy atom. The van der Waals surface area contributed by atoms with E-state index < -0.39 is 5.97 Å². The molecule has 0 fully saturated rings. The molecule has 5 heteroatoms. The van der Waals surface area contributed by atoms with E-state index in [1.165, 1.54) is 12.1 Å². The second-order valence-electron chi connectivity index (χ2n) is 6.19. The second kappa shape index (κ2) is 7.88. The van der Waals surface area contributed by atoms with E-state index in [4.69, 9.17) is 9.47 Å². The summed E-state index contributed by atoms with van der Waals surface area (Å²) < 4.78 is 23.9. The molecule has 3 aromatic rings. The Bertz CT molecular complexity index is 1040. The van der Waals surface area contributed by atoms with Crippen molar-refractivity contribution in [1.29, 1.82) is 0 Å². The maximum atomic E-state index is 12.9. The molecule has 0 spiro atoms. The summed E-state index contributed by atoms with van der Waals surface area (Å²) in [5.41, 5.74) is 2.69. The van der Waals surface area contributed by atoms with Crippen LogP contribution >= 0.6 is 0 Å². The standard InChI is InChI=1S/C23H16FNO3/c24-19-10-6-17(7-11-19)15-27-20-12-8-16(9-13-20)14-21-23(26)28-22(25-21)18-4-2-1-3-5-18/h1-14H,15H2/b21-14+. The van der Waals surface area contributed by atoms with Crippen LogP contribution in [0.1, 0.15) is 16.7 Å². The van der Waals surface area contributed by atoms with E-state index in [9.17, 15) is 9.18 Å². The largest absolute Gasteiger partial charge is 0.489 e. The Balaban J connectivity index is 1.44. The lowest BCUT2D eigenvalue weighted by molar-refractivity contribution is -0.129. The van der Waals surface area contributed by atoms with Crippen molar-refractivity contribution in [3.8, 4) is 5.75 Å². The quantitative estimate of drug-likeness (QED) is 0.479. The van der Waals surface area contributed by atoms with E-state index in [2.05, 4.69) is 4.99 Å². The number of esters is 1. The minimum atomic E-state index is -0.476. The van der Waals surface area contributed by atoms with Crippen LogP contribution in [0.25, 0.3) is 6.08 Å². The summed E-state index contributed by atoms with van der Waals surface area (Å²) >= 11 is 0. The zero-order valence-corrected chi connectivity index (χ0v) is 14.8. The molecule has 4 rings (SSSR count). The highest BCUT2D eigenvalue weighted by atomic mass is 19.1. The summed E-state index contributed by atoms with van der Waals surface area (Å²) in [6.45, 7) is 0.345. The molecule has 0 aliphatic carbocycles. The molecule has 138 valence electrons. The van der Waals surface area contributed by atoms with Gasteiger partial charge in [-0.3, -0.25) is 0 Å². The molecule has 0 saturated heterocycles. The molecule has 4 nitrogen and oxygen atoms in total. The molecule has 0 saturated carbocycles. The average molecular weight is 373 g/mol. The molecular weight excluding hydrogens is 357 g/mol. The molecule has 1 aliphatic rings. The summed E-state index contributed by atoms with van der Waals surface area (Å²) in [6.07, 6.45) is 1.67. The highest BCUT2D eigenvalue weighted by molar-refractivity contribution is 6.12. The van der Waals surface area contributed by atoms with Crippen molar-refractivity contribution in [2.24, 2.45) is 4.99 Å². The van der Waals surface area contributed by atoms with Gasteiger partial charge in [0.1, 0.15) is 18.2 Å². The van der Waals surface area contributed by atoms with Crippen LogP contribution in [-0.2, 0) is 16.1 Å². The molecular formula is C23H16FNO3. The fourth-order valence-electron chi connectivity index (χ4n) is 2.68. The lowest BCUT2D eigenvalue weighted by Crippen LogP contribution is -2.04. The van der Waals surface area contributed by atoms with Gasteiger partial charge in [-0.25, -0.2) is 14.2 Å². The number of cyclic esters (lactones) is 1. The van der Waals surface area contributed by atoms with Crippen LogP contribution in [0.5, 0.6) is 5.75 Å². The fourth-order valence-corrected chi connectivity index (χ4v) is 2.68. The average Bonchev–Trinajstić information content (AvgIpc) is 3.10. The van der Waals surface area contributed by atoms with Gasteiger partial charge in [0.2, 0.25) is 5.90 Å². The molecule has 28 heavy (non-hydrogen) atoms. The predicted molar refractivity (Wildman–Crippen MR) is 104 cm³/mol. The van der Waals surface area contributed by atoms with Crippen molar-refractivity contribution in [1.82, 2.24) is 0 Å². The van der Waals surface area contributed by atoms with E-state index >= 15 is 0 Å². The smallest absolute Gasteiger partial charge is 0.363 e. The number of hydrogen-bond acceptors (Lipinski definition) is 4.